The smallest absolute Gasteiger partial charge is 0.253 e. The van der Waals surface area contributed by atoms with E-state index in [4.69, 9.17) is 17.0 Å². The number of thiocarbonyl (C=S) groups is 1. The zero-order chi connectivity index (χ0) is 20.5. The number of para-hydroxylation sites is 1. The molecular weight excluding hydrogens is 372 g/mol. The van der Waals surface area contributed by atoms with Crippen LogP contribution in [0.2, 0.25) is 0 Å². The molecule has 2 aromatic rings. The second kappa shape index (κ2) is 11.1. The van der Waals surface area contributed by atoms with Gasteiger partial charge >= 0.3 is 0 Å². The number of benzene rings is 1. The van der Waals surface area contributed by atoms with Crippen LogP contribution in [-0.2, 0) is 11.3 Å². The Morgan fingerprint density at radius 1 is 1.32 bits per heavy atom. The van der Waals surface area contributed by atoms with Gasteiger partial charge in [-0.25, -0.2) is 0 Å². The highest BCUT2D eigenvalue weighted by Gasteiger charge is 2.15. The van der Waals surface area contributed by atoms with Crippen LogP contribution in [0.4, 0.5) is 0 Å². The lowest BCUT2D eigenvalue weighted by Gasteiger charge is -2.27. The molecule has 0 aliphatic carbocycles. The van der Waals surface area contributed by atoms with Crippen LogP contribution < -0.4 is 15.8 Å². The van der Waals surface area contributed by atoms with E-state index in [9.17, 15) is 4.79 Å². The van der Waals surface area contributed by atoms with E-state index in [1.165, 1.54) is 4.90 Å². The first kappa shape index (κ1) is 22.3. The van der Waals surface area contributed by atoms with E-state index < -0.39 is 0 Å². The fourth-order valence-corrected chi connectivity index (χ4v) is 3.53. The van der Waals surface area contributed by atoms with Gasteiger partial charge < -0.3 is 24.8 Å². The molecule has 0 aliphatic heterocycles. The number of nitrogens with zero attached hydrogens (tertiary/aromatic N) is 1. The Hall–Kier alpha value is -1.96. The normalized spacial score (nSPS) is 11.2. The first-order chi connectivity index (χ1) is 13.5. The van der Waals surface area contributed by atoms with Crippen molar-refractivity contribution in [3.63, 3.8) is 0 Å². The molecule has 154 valence electrons. The first-order valence-corrected chi connectivity index (χ1v) is 10.4. The molecule has 0 atom stereocenters. The zero-order valence-electron chi connectivity index (χ0n) is 17.4. The molecule has 0 fully saturated rings. The largest absolute Gasteiger partial charge is 0.383 e. The Balaban J connectivity index is 2.22. The summed E-state index contributed by atoms with van der Waals surface area (Å²) >= 11 is 5.61. The van der Waals surface area contributed by atoms with Crippen LogP contribution in [0.1, 0.15) is 25.0 Å². The van der Waals surface area contributed by atoms with Gasteiger partial charge in [-0.05, 0) is 50.0 Å². The Morgan fingerprint density at radius 3 is 2.75 bits per heavy atom. The summed E-state index contributed by atoms with van der Waals surface area (Å²) in [5.74, 6) is 0. The van der Waals surface area contributed by atoms with Crippen LogP contribution in [0.25, 0.3) is 10.9 Å². The molecule has 1 aromatic carbocycles. The maximum Gasteiger partial charge on any atom is 0.253 e. The molecule has 1 heterocycles. The zero-order valence-corrected chi connectivity index (χ0v) is 18.2. The Bertz CT molecular complexity index is 833. The Kier molecular flexibility index (Phi) is 8.89. The van der Waals surface area contributed by atoms with Crippen molar-refractivity contribution >= 4 is 28.2 Å². The van der Waals surface area contributed by atoms with Gasteiger partial charge in [-0.3, -0.25) is 4.79 Å². The van der Waals surface area contributed by atoms with Crippen molar-refractivity contribution in [2.24, 2.45) is 0 Å². The third kappa shape index (κ3) is 6.02. The van der Waals surface area contributed by atoms with Crippen LogP contribution in [0.5, 0.6) is 0 Å². The number of aromatic nitrogens is 1. The monoisotopic (exact) mass is 405 g/mol. The fourth-order valence-electron chi connectivity index (χ4n) is 3.27. The van der Waals surface area contributed by atoms with E-state index in [-0.39, 0.29) is 5.56 Å². The van der Waals surface area contributed by atoms with E-state index in [1.54, 1.807) is 7.11 Å². The van der Waals surface area contributed by atoms with Gasteiger partial charge in [0.2, 0.25) is 0 Å². The van der Waals surface area contributed by atoms with Gasteiger partial charge in [0, 0.05) is 19.2 Å². The summed E-state index contributed by atoms with van der Waals surface area (Å²) in [6, 6.07) is 8.03. The molecule has 0 amide bonds. The number of aromatic amines is 1. The van der Waals surface area contributed by atoms with Crippen molar-refractivity contribution in [1.29, 1.82) is 0 Å². The molecule has 0 aliphatic rings. The minimum Gasteiger partial charge on any atom is -0.383 e. The maximum absolute atomic E-state index is 12.7. The van der Waals surface area contributed by atoms with E-state index in [2.05, 4.69) is 29.0 Å². The average Bonchev–Trinajstić information content (AvgIpc) is 2.69. The second-order valence-corrected chi connectivity index (χ2v) is 7.40. The molecule has 0 saturated heterocycles. The van der Waals surface area contributed by atoms with Gasteiger partial charge in [0.25, 0.3) is 5.56 Å². The van der Waals surface area contributed by atoms with E-state index >= 15 is 0 Å². The summed E-state index contributed by atoms with van der Waals surface area (Å²) in [7, 11) is 1.67. The Labute approximate surface area is 172 Å². The predicted molar refractivity (Wildman–Crippen MR) is 119 cm³/mol. The van der Waals surface area contributed by atoms with Crippen molar-refractivity contribution in [1.82, 2.24) is 15.2 Å². The number of quaternary nitrogens is 1. The number of hydrogen-bond donors (Lipinski definition) is 3. The minimum atomic E-state index is -0.0540. The fraction of sp³-hybridized carbons (Fsp3) is 0.524. The summed E-state index contributed by atoms with van der Waals surface area (Å²) in [4.78, 5) is 19.3. The minimum absolute atomic E-state index is 0.0540. The molecule has 0 unspecified atom stereocenters. The van der Waals surface area contributed by atoms with E-state index in [0.29, 0.717) is 24.8 Å². The Morgan fingerprint density at radius 2 is 2.07 bits per heavy atom. The molecule has 1 aromatic heterocycles. The van der Waals surface area contributed by atoms with Gasteiger partial charge in [0.15, 0.2) is 5.11 Å². The van der Waals surface area contributed by atoms with Crippen LogP contribution in [0, 0.1) is 6.92 Å². The topological polar surface area (TPSA) is 61.8 Å². The molecule has 3 N–H and O–H groups in total. The van der Waals surface area contributed by atoms with Gasteiger partial charge in [-0.15, -0.1) is 0 Å². The highest BCUT2D eigenvalue weighted by Crippen LogP contribution is 2.15. The maximum atomic E-state index is 12.7. The van der Waals surface area contributed by atoms with Crippen molar-refractivity contribution < 1.29 is 9.64 Å². The molecule has 0 spiro atoms. The van der Waals surface area contributed by atoms with E-state index in [0.717, 1.165) is 48.2 Å². The standard InChI is InChI=1S/C21H32N4O2S/c1-5-24(6-2)11-12-25(21(28)22-10-13-27-4)15-18-14-17-9-7-8-16(3)19(17)23-20(18)26/h7-9,14H,5-6,10-13,15H2,1-4H3,(H,22,28)(H,23,26)/p+1. The molecule has 0 saturated carbocycles. The molecule has 0 bridgehead atoms. The summed E-state index contributed by atoms with van der Waals surface area (Å²) in [6.07, 6.45) is 0. The number of ether oxygens (including phenoxy) is 1. The van der Waals surface area contributed by atoms with Crippen molar-refractivity contribution in [2.45, 2.75) is 27.3 Å². The van der Waals surface area contributed by atoms with Crippen LogP contribution in [-0.4, -0.2) is 61.4 Å². The number of methoxy groups -OCH3 is 1. The van der Waals surface area contributed by atoms with Crippen molar-refractivity contribution in [2.75, 3.05) is 46.4 Å². The van der Waals surface area contributed by atoms with E-state index in [1.807, 2.05) is 31.2 Å². The number of H-pyrrole nitrogens is 1. The predicted octanol–water partition coefficient (Wildman–Crippen LogP) is 1.08. The molecule has 2 rings (SSSR count). The lowest BCUT2D eigenvalue weighted by Crippen LogP contribution is -3.12. The number of hydrogen-bond acceptors (Lipinski definition) is 3. The number of aryl methyl sites for hydroxylation is 1. The summed E-state index contributed by atoms with van der Waals surface area (Å²) < 4.78 is 5.10. The summed E-state index contributed by atoms with van der Waals surface area (Å²) in [5, 5.41) is 4.94. The number of rotatable bonds is 10. The lowest BCUT2D eigenvalue weighted by molar-refractivity contribution is -0.895. The van der Waals surface area contributed by atoms with Gasteiger partial charge in [0.05, 0.1) is 44.8 Å². The molecular formula is C21H33N4O2S+. The summed E-state index contributed by atoms with van der Waals surface area (Å²) in [6.45, 7) is 12.0. The molecule has 0 radical (unpaired) electrons. The van der Waals surface area contributed by atoms with Gasteiger partial charge in [-0.2, -0.15) is 0 Å². The van der Waals surface area contributed by atoms with Crippen LogP contribution in [0.15, 0.2) is 29.1 Å². The summed E-state index contributed by atoms with van der Waals surface area (Å²) in [5.41, 5.74) is 2.64. The number of nitrogens with one attached hydrogen (secondary N) is 3. The third-order valence-corrected chi connectivity index (χ3v) is 5.53. The third-order valence-electron chi connectivity index (χ3n) is 5.13. The molecule has 28 heavy (non-hydrogen) atoms. The van der Waals surface area contributed by atoms with Crippen LogP contribution >= 0.6 is 12.2 Å². The SMILES string of the molecule is CC[NH+](CC)CCN(Cc1cc2cccc(C)c2[nH]c1=O)C(=S)NCCOC. The van der Waals surface area contributed by atoms with Gasteiger partial charge in [-0.1, -0.05) is 18.2 Å². The second-order valence-electron chi connectivity index (χ2n) is 7.02. The highest BCUT2D eigenvalue weighted by atomic mass is 32.1. The average molecular weight is 406 g/mol. The van der Waals surface area contributed by atoms with Crippen molar-refractivity contribution in [3.8, 4) is 0 Å². The molecule has 7 heteroatoms. The van der Waals surface area contributed by atoms with Crippen LogP contribution in [0.3, 0.4) is 0 Å². The van der Waals surface area contributed by atoms with Gasteiger partial charge in [0.1, 0.15) is 0 Å². The van der Waals surface area contributed by atoms with Crippen molar-refractivity contribution in [3.05, 3.63) is 45.7 Å². The number of pyridine rings is 1. The quantitative estimate of drug-likeness (QED) is 0.408. The first-order valence-electron chi connectivity index (χ1n) is 9.96. The lowest BCUT2D eigenvalue weighted by atomic mass is 10.1. The number of likely N-dealkylation sites (N-methyl/N-ethyl adjacent to an activating group) is 1. The highest BCUT2D eigenvalue weighted by molar-refractivity contribution is 7.80. The number of fused-ring (bicyclic) bond motifs is 1. The molecule has 6 nitrogen and oxygen atoms in total.